The minimum Gasteiger partial charge on any atom is -0.489 e. The maximum atomic E-state index is 13.5. The van der Waals surface area contributed by atoms with Gasteiger partial charge in [-0.1, -0.05) is 17.3 Å². The third kappa shape index (κ3) is 5.10. The quantitative estimate of drug-likeness (QED) is 0.606. The molecule has 2 aromatic heterocycles. The Morgan fingerprint density at radius 3 is 2.78 bits per heavy atom. The van der Waals surface area contributed by atoms with Crippen LogP contribution in [0.15, 0.2) is 53.3 Å². The number of pyridine rings is 1. The van der Waals surface area contributed by atoms with Gasteiger partial charge in [0.25, 0.3) is 0 Å². The molecule has 2 heterocycles. The summed E-state index contributed by atoms with van der Waals surface area (Å²) in [5, 5.41) is 3.91. The van der Waals surface area contributed by atoms with E-state index >= 15 is 0 Å². The van der Waals surface area contributed by atoms with Crippen molar-refractivity contribution < 1.29 is 18.4 Å². The third-order valence-electron chi connectivity index (χ3n) is 3.91. The van der Waals surface area contributed by atoms with Gasteiger partial charge >= 0.3 is 0 Å². The minimum absolute atomic E-state index is 0.0872. The van der Waals surface area contributed by atoms with Crippen LogP contribution in [-0.4, -0.2) is 46.1 Å². The lowest BCUT2D eigenvalue weighted by atomic mass is 10.2. The molecule has 1 amide bonds. The number of amides is 1. The highest BCUT2D eigenvalue weighted by atomic mass is 19.1. The van der Waals surface area contributed by atoms with Crippen molar-refractivity contribution in [3.8, 4) is 17.1 Å². The first-order chi connectivity index (χ1) is 13.1. The molecular weight excluding hydrogens is 351 g/mol. The van der Waals surface area contributed by atoms with Gasteiger partial charge in [0.1, 0.15) is 6.61 Å². The van der Waals surface area contributed by atoms with Gasteiger partial charge in [-0.05, 0) is 24.3 Å². The summed E-state index contributed by atoms with van der Waals surface area (Å²) in [6.07, 6.45) is 3.87. The normalized spacial score (nSPS) is 10.6. The van der Waals surface area contributed by atoms with E-state index in [1.165, 1.54) is 11.0 Å². The van der Waals surface area contributed by atoms with Crippen LogP contribution in [0.25, 0.3) is 11.4 Å². The predicted molar refractivity (Wildman–Crippen MR) is 95.4 cm³/mol. The average Bonchev–Trinajstić information content (AvgIpc) is 3.17. The van der Waals surface area contributed by atoms with E-state index in [0.717, 1.165) is 5.56 Å². The molecule has 3 rings (SSSR count). The first-order valence-corrected chi connectivity index (χ1v) is 8.48. The fourth-order valence-corrected chi connectivity index (χ4v) is 2.36. The number of carbonyl (C=O) groups is 1. The van der Waals surface area contributed by atoms with Crippen molar-refractivity contribution >= 4 is 5.91 Å². The number of hydrogen-bond donors (Lipinski definition) is 0. The zero-order valence-electron chi connectivity index (χ0n) is 14.8. The molecule has 0 radical (unpaired) electrons. The number of hydrogen-bond acceptors (Lipinski definition) is 6. The summed E-state index contributed by atoms with van der Waals surface area (Å²) in [6.45, 7) is 0.551. The molecule has 0 aliphatic heterocycles. The number of rotatable bonds is 8. The van der Waals surface area contributed by atoms with E-state index in [1.807, 2.05) is 0 Å². The SMILES string of the molecule is CN(CCOc1ccccc1F)C(=O)CCc1nc(-c2ccncc2)no1. The Balaban J connectivity index is 1.43. The Bertz CT molecular complexity index is 885. The molecule has 0 saturated carbocycles. The lowest BCUT2D eigenvalue weighted by molar-refractivity contribution is -0.130. The molecule has 0 bridgehead atoms. The van der Waals surface area contributed by atoms with Crippen LogP contribution in [0.3, 0.4) is 0 Å². The summed E-state index contributed by atoms with van der Waals surface area (Å²) >= 11 is 0. The molecule has 0 fully saturated rings. The molecular formula is C19H19FN4O3. The van der Waals surface area contributed by atoms with E-state index < -0.39 is 5.82 Å². The van der Waals surface area contributed by atoms with E-state index in [0.29, 0.717) is 24.7 Å². The van der Waals surface area contributed by atoms with Crippen LogP contribution in [0.5, 0.6) is 5.75 Å². The summed E-state index contributed by atoms with van der Waals surface area (Å²) in [5.41, 5.74) is 0.800. The maximum absolute atomic E-state index is 13.5. The topological polar surface area (TPSA) is 81.4 Å². The Morgan fingerprint density at radius 2 is 2.00 bits per heavy atom. The Hall–Kier alpha value is -3.29. The second-order valence-corrected chi connectivity index (χ2v) is 5.84. The van der Waals surface area contributed by atoms with Gasteiger partial charge in [-0.2, -0.15) is 4.98 Å². The zero-order chi connectivity index (χ0) is 19.1. The van der Waals surface area contributed by atoms with Crippen LogP contribution in [-0.2, 0) is 11.2 Å². The molecule has 7 nitrogen and oxygen atoms in total. The number of ether oxygens (including phenoxy) is 1. The van der Waals surface area contributed by atoms with Crippen molar-refractivity contribution in [1.29, 1.82) is 0 Å². The van der Waals surface area contributed by atoms with E-state index in [9.17, 15) is 9.18 Å². The molecule has 1 aromatic carbocycles. The predicted octanol–water partition coefficient (Wildman–Crippen LogP) is 2.74. The van der Waals surface area contributed by atoms with E-state index in [1.54, 1.807) is 49.8 Å². The fourth-order valence-electron chi connectivity index (χ4n) is 2.36. The molecule has 3 aromatic rings. The van der Waals surface area contributed by atoms with Crippen molar-refractivity contribution in [3.05, 3.63) is 60.5 Å². The molecule has 140 valence electrons. The Kier molecular flexibility index (Phi) is 6.09. The summed E-state index contributed by atoms with van der Waals surface area (Å²) in [5.74, 6) is 0.522. The lowest BCUT2D eigenvalue weighted by Crippen LogP contribution is -2.31. The van der Waals surface area contributed by atoms with Crippen LogP contribution in [0, 0.1) is 5.82 Å². The Morgan fingerprint density at radius 1 is 1.22 bits per heavy atom. The van der Waals surface area contributed by atoms with Gasteiger partial charge in [0.2, 0.25) is 17.6 Å². The number of carbonyl (C=O) groups excluding carboxylic acids is 1. The minimum atomic E-state index is -0.423. The van der Waals surface area contributed by atoms with Gasteiger partial charge in [-0.25, -0.2) is 4.39 Å². The third-order valence-corrected chi connectivity index (χ3v) is 3.91. The highest BCUT2D eigenvalue weighted by Crippen LogP contribution is 2.16. The molecule has 0 aliphatic rings. The second kappa shape index (κ2) is 8.88. The molecule has 8 heteroatoms. The first-order valence-electron chi connectivity index (χ1n) is 8.48. The van der Waals surface area contributed by atoms with Crippen molar-refractivity contribution in [2.45, 2.75) is 12.8 Å². The first kappa shape index (κ1) is 18.5. The van der Waals surface area contributed by atoms with Gasteiger partial charge in [0, 0.05) is 37.8 Å². The second-order valence-electron chi connectivity index (χ2n) is 5.84. The molecule has 0 unspecified atom stereocenters. The van der Waals surface area contributed by atoms with E-state index in [-0.39, 0.29) is 24.7 Å². The number of likely N-dealkylation sites (N-methyl/N-ethyl adjacent to an activating group) is 1. The molecule has 27 heavy (non-hydrogen) atoms. The molecule has 0 spiro atoms. The van der Waals surface area contributed by atoms with E-state index in [2.05, 4.69) is 15.1 Å². The number of benzene rings is 1. The number of para-hydroxylation sites is 1. The highest BCUT2D eigenvalue weighted by Gasteiger charge is 2.13. The number of nitrogens with zero attached hydrogens (tertiary/aromatic N) is 4. The lowest BCUT2D eigenvalue weighted by Gasteiger charge is -2.17. The average molecular weight is 370 g/mol. The summed E-state index contributed by atoms with van der Waals surface area (Å²) in [6, 6.07) is 9.72. The number of aromatic nitrogens is 3. The van der Waals surface area contributed by atoms with Crippen molar-refractivity contribution in [2.75, 3.05) is 20.2 Å². The zero-order valence-corrected chi connectivity index (χ0v) is 14.8. The summed E-state index contributed by atoms with van der Waals surface area (Å²) < 4.78 is 24.0. The van der Waals surface area contributed by atoms with Crippen molar-refractivity contribution in [1.82, 2.24) is 20.0 Å². The smallest absolute Gasteiger partial charge is 0.227 e. The van der Waals surface area contributed by atoms with Crippen LogP contribution < -0.4 is 4.74 Å². The maximum Gasteiger partial charge on any atom is 0.227 e. The molecule has 0 aliphatic carbocycles. The Labute approximate surface area is 155 Å². The van der Waals surface area contributed by atoms with Crippen LogP contribution in [0.1, 0.15) is 12.3 Å². The summed E-state index contributed by atoms with van der Waals surface area (Å²) in [4.78, 5) is 21.9. The highest BCUT2D eigenvalue weighted by molar-refractivity contribution is 5.76. The largest absolute Gasteiger partial charge is 0.489 e. The van der Waals surface area contributed by atoms with Gasteiger partial charge in [-0.3, -0.25) is 9.78 Å². The molecule has 0 saturated heterocycles. The summed E-state index contributed by atoms with van der Waals surface area (Å²) in [7, 11) is 1.67. The van der Waals surface area contributed by atoms with Gasteiger partial charge in [-0.15, -0.1) is 0 Å². The fraction of sp³-hybridized carbons (Fsp3) is 0.263. The van der Waals surface area contributed by atoms with Gasteiger partial charge in [0.05, 0.1) is 6.54 Å². The molecule has 0 atom stereocenters. The standard InChI is InChI=1S/C19H19FN4O3/c1-24(12-13-26-16-5-3-2-4-15(16)20)18(25)7-6-17-22-19(23-27-17)14-8-10-21-11-9-14/h2-5,8-11H,6-7,12-13H2,1H3. The van der Waals surface area contributed by atoms with Gasteiger partial charge in [0.15, 0.2) is 11.6 Å². The van der Waals surface area contributed by atoms with Crippen LogP contribution in [0.4, 0.5) is 4.39 Å². The monoisotopic (exact) mass is 370 g/mol. The molecule has 0 N–H and O–H groups in total. The number of aryl methyl sites for hydroxylation is 1. The van der Waals surface area contributed by atoms with Crippen LogP contribution >= 0.6 is 0 Å². The van der Waals surface area contributed by atoms with Crippen molar-refractivity contribution in [3.63, 3.8) is 0 Å². The van der Waals surface area contributed by atoms with Gasteiger partial charge < -0.3 is 14.2 Å². The van der Waals surface area contributed by atoms with E-state index in [4.69, 9.17) is 9.26 Å². The van der Waals surface area contributed by atoms with Crippen LogP contribution in [0.2, 0.25) is 0 Å². The number of halogens is 1. The van der Waals surface area contributed by atoms with Crippen molar-refractivity contribution in [2.24, 2.45) is 0 Å².